The Hall–Kier alpha value is -3.34. The molecule has 2 aromatic carbocycles. The van der Waals surface area contributed by atoms with Crippen LogP contribution in [0.3, 0.4) is 0 Å². The molecule has 5 nitrogen and oxygen atoms in total. The number of carbonyl (C=O) groups excluding carboxylic acids is 1. The Kier molecular flexibility index (Phi) is 5.49. The van der Waals surface area contributed by atoms with Gasteiger partial charge in [-0.15, -0.1) is 0 Å². The monoisotopic (exact) mass is 347 g/mol. The summed E-state index contributed by atoms with van der Waals surface area (Å²) >= 11 is 0. The maximum Gasteiger partial charge on any atom is 0.257 e. The standard InChI is InChI=1S/C21H21N3O2/c1-3-15-6-4-5-7-20(15)23-18-12-16(13-22-14-18)21(25)24-17-8-10-19(26-2)11-9-17/h4-14,23H,3H2,1-2H3,(H,24,25). The second-order valence-corrected chi connectivity index (χ2v) is 5.78. The van der Waals surface area contributed by atoms with Crippen LogP contribution < -0.4 is 15.4 Å². The van der Waals surface area contributed by atoms with Crippen LogP contribution in [-0.4, -0.2) is 18.0 Å². The van der Waals surface area contributed by atoms with Gasteiger partial charge in [0.05, 0.1) is 24.6 Å². The van der Waals surface area contributed by atoms with Crippen molar-refractivity contribution in [2.75, 3.05) is 17.7 Å². The Labute approximate surface area is 153 Å². The maximum atomic E-state index is 12.5. The zero-order chi connectivity index (χ0) is 18.4. The number of nitrogens with one attached hydrogen (secondary N) is 2. The molecule has 0 aliphatic carbocycles. The average molecular weight is 347 g/mol. The molecule has 1 amide bonds. The van der Waals surface area contributed by atoms with Gasteiger partial charge in [-0.1, -0.05) is 25.1 Å². The normalized spacial score (nSPS) is 10.2. The van der Waals surface area contributed by atoms with Crippen molar-refractivity contribution >= 4 is 23.0 Å². The first-order valence-corrected chi connectivity index (χ1v) is 8.45. The van der Waals surface area contributed by atoms with Crippen LogP contribution in [0.2, 0.25) is 0 Å². The molecule has 26 heavy (non-hydrogen) atoms. The molecule has 1 aromatic heterocycles. The van der Waals surface area contributed by atoms with Gasteiger partial charge in [-0.25, -0.2) is 0 Å². The summed E-state index contributed by atoms with van der Waals surface area (Å²) < 4.78 is 5.12. The smallest absolute Gasteiger partial charge is 0.257 e. The van der Waals surface area contributed by atoms with Crippen LogP contribution in [0, 0.1) is 0 Å². The first-order chi connectivity index (χ1) is 12.7. The summed E-state index contributed by atoms with van der Waals surface area (Å²) in [5, 5.41) is 6.20. The Morgan fingerprint density at radius 3 is 2.54 bits per heavy atom. The van der Waals surface area contributed by atoms with E-state index in [9.17, 15) is 4.79 Å². The van der Waals surface area contributed by atoms with Crippen LogP contribution >= 0.6 is 0 Å². The van der Waals surface area contributed by atoms with E-state index in [-0.39, 0.29) is 5.91 Å². The zero-order valence-electron chi connectivity index (χ0n) is 14.8. The van der Waals surface area contributed by atoms with E-state index < -0.39 is 0 Å². The minimum absolute atomic E-state index is 0.213. The summed E-state index contributed by atoms with van der Waals surface area (Å²) in [6, 6.07) is 17.1. The summed E-state index contributed by atoms with van der Waals surface area (Å²) in [6.07, 6.45) is 4.18. The molecule has 0 atom stereocenters. The highest BCUT2D eigenvalue weighted by Gasteiger charge is 2.09. The van der Waals surface area contributed by atoms with Crippen molar-refractivity contribution in [1.29, 1.82) is 0 Å². The second kappa shape index (κ2) is 8.16. The number of carbonyl (C=O) groups is 1. The minimum atomic E-state index is -0.213. The third-order valence-electron chi connectivity index (χ3n) is 4.03. The van der Waals surface area contributed by atoms with Gasteiger partial charge < -0.3 is 15.4 Å². The highest BCUT2D eigenvalue weighted by molar-refractivity contribution is 6.04. The van der Waals surface area contributed by atoms with Crippen LogP contribution in [0.5, 0.6) is 5.75 Å². The summed E-state index contributed by atoms with van der Waals surface area (Å²) in [4.78, 5) is 16.7. The fourth-order valence-corrected chi connectivity index (χ4v) is 2.62. The van der Waals surface area contributed by atoms with Gasteiger partial charge in [0.25, 0.3) is 5.91 Å². The van der Waals surface area contributed by atoms with E-state index in [2.05, 4.69) is 28.6 Å². The van der Waals surface area contributed by atoms with E-state index in [0.29, 0.717) is 11.3 Å². The van der Waals surface area contributed by atoms with Gasteiger partial charge in [0.2, 0.25) is 0 Å². The number of hydrogen-bond acceptors (Lipinski definition) is 4. The molecule has 0 saturated heterocycles. The summed E-state index contributed by atoms with van der Waals surface area (Å²) in [5.74, 6) is 0.528. The number of para-hydroxylation sites is 1. The topological polar surface area (TPSA) is 63.2 Å². The van der Waals surface area contributed by atoms with Crippen LogP contribution in [0.15, 0.2) is 67.0 Å². The molecule has 5 heteroatoms. The van der Waals surface area contributed by atoms with Crippen molar-refractivity contribution in [2.24, 2.45) is 0 Å². The molecule has 2 N–H and O–H groups in total. The lowest BCUT2D eigenvalue weighted by atomic mass is 10.1. The quantitative estimate of drug-likeness (QED) is 0.681. The van der Waals surface area contributed by atoms with E-state index in [4.69, 9.17) is 4.74 Å². The molecule has 0 radical (unpaired) electrons. The number of nitrogens with zero attached hydrogens (tertiary/aromatic N) is 1. The molecular weight excluding hydrogens is 326 g/mol. The van der Waals surface area contributed by atoms with Gasteiger partial charge in [0.15, 0.2) is 0 Å². The van der Waals surface area contributed by atoms with Crippen molar-refractivity contribution in [3.63, 3.8) is 0 Å². The molecule has 0 aliphatic heterocycles. The highest BCUT2D eigenvalue weighted by Crippen LogP contribution is 2.22. The Morgan fingerprint density at radius 1 is 1.04 bits per heavy atom. The summed E-state index contributed by atoms with van der Waals surface area (Å²) in [5.41, 5.74) is 4.18. The highest BCUT2D eigenvalue weighted by atomic mass is 16.5. The number of benzene rings is 2. The second-order valence-electron chi connectivity index (χ2n) is 5.78. The molecule has 0 unspecified atom stereocenters. The summed E-state index contributed by atoms with van der Waals surface area (Å²) in [6.45, 7) is 2.11. The number of methoxy groups -OCH3 is 1. The largest absolute Gasteiger partial charge is 0.497 e. The van der Waals surface area contributed by atoms with Gasteiger partial charge >= 0.3 is 0 Å². The number of rotatable bonds is 6. The molecule has 3 aromatic rings. The fraction of sp³-hybridized carbons (Fsp3) is 0.143. The molecule has 0 bridgehead atoms. The molecule has 0 aliphatic rings. The Morgan fingerprint density at radius 2 is 1.81 bits per heavy atom. The van der Waals surface area contributed by atoms with Crippen LogP contribution in [0.1, 0.15) is 22.8 Å². The molecule has 1 heterocycles. The maximum absolute atomic E-state index is 12.5. The number of anilines is 3. The van der Waals surface area contributed by atoms with E-state index in [1.165, 1.54) is 5.56 Å². The molecule has 132 valence electrons. The predicted molar refractivity (Wildman–Crippen MR) is 104 cm³/mol. The number of pyridine rings is 1. The number of aromatic nitrogens is 1. The van der Waals surface area contributed by atoms with E-state index in [1.54, 1.807) is 49.8 Å². The van der Waals surface area contributed by atoms with Crippen LogP contribution in [0.4, 0.5) is 17.1 Å². The van der Waals surface area contributed by atoms with Gasteiger partial charge in [-0.2, -0.15) is 0 Å². The van der Waals surface area contributed by atoms with Crippen molar-refractivity contribution in [2.45, 2.75) is 13.3 Å². The lowest BCUT2D eigenvalue weighted by molar-refractivity contribution is 0.102. The SMILES string of the molecule is CCc1ccccc1Nc1cncc(C(=O)Nc2ccc(OC)cc2)c1. The molecule has 0 spiro atoms. The Balaban J connectivity index is 1.74. The fourth-order valence-electron chi connectivity index (χ4n) is 2.62. The van der Waals surface area contributed by atoms with Gasteiger partial charge in [-0.3, -0.25) is 9.78 Å². The lowest BCUT2D eigenvalue weighted by Gasteiger charge is -2.12. The van der Waals surface area contributed by atoms with Crippen molar-refractivity contribution in [3.05, 3.63) is 78.1 Å². The average Bonchev–Trinajstić information content (AvgIpc) is 2.69. The molecule has 3 rings (SSSR count). The minimum Gasteiger partial charge on any atom is -0.497 e. The third kappa shape index (κ3) is 4.19. The van der Waals surface area contributed by atoms with Crippen molar-refractivity contribution in [3.8, 4) is 5.75 Å². The van der Waals surface area contributed by atoms with E-state index >= 15 is 0 Å². The number of ether oxygens (including phenoxy) is 1. The first-order valence-electron chi connectivity index (χ1n) is 8.45. The van der Waals surface area contributed by atoms with Crippen molar-refractivity contribution in [1.82, 2.24) is 4.98 Å². The van der Waals surface area contributed by atoms with Gasteiger partial charge in [0.1, 0.15) is 5.75 Å². The van der Waals surface area contributed by atoms with Crippen molar-refractivity contribution < 1.29 is 9.53 Å². The molecular formula is C21H21N3O2. The van der Waals surface area contributed by atoms with Crippen LogP contribution in [-0.2, 0) is 6.42 Å². The Bertz CT molecular complexity index is 892. The number of aryl methyl sites for hydroxylation is 1. The van der Waals surface area contributed by atoms with E-state index in [0.717, 1.165) is 23.5 Å². The number of hydrogen-bond donors (Lipinski definition) is 2. The molecule has 0 saturated carbocycles. The van der Waals surface area contributed by atoms with E-state index in [1.807, 2.05) is 18.2 Å². The lowest BCUT2D eigenvalue weighted by Crippen LogP contribution is -2.12. The predicted octanol–water partition coefficient (Wildman–Crippen LogP) is 4.65. The van der Waals surface area contributed by atoms with Gasteiger partial charge in [0, 0.05) is 17.6 Å². The summed E-state index contributed by atoms with van der Waals surface area (Å²) in [7, 11) is 1.61. The van der Waals surface area contributed by atoms with Gasteiger partial charge in [-0.05, 0) is 48.4 Å². The third-order valence-corrected chi connectivity index (χ3v) is 4.03. The van der Waals surface area contributed by atoms with Crippen LogP contribution in [0.25, 0.3) is 0 Å². The number of amides is 1. The first kappa shape index (κ1) is 17.5. The zero-order valence-corrected chi connectivity index (χ0v) is 14.8. The molecule has 0 fully saturated rings.